The van der Waals surface area contributed by atoms with E-state index in [9.17, 15) is 0 Å². The topological polar surface area (TPSA) is 84.8 Å². The number of ether oxygens (including phenoxy) is 5. The second-order valence-electron chi connectivity index (χ2n) is 3.44. The van der Waals surface area contributed by atoms with Crippen molar-refractivity contribution in [1.82, 2.24) is 15.0 Å². The fourth-order valence-electron chi connectivity index (χ4n) is 1.13. The Labute approximate surface area is 122 Å². The van der Waals surface area contributed by atoms with Gasteiger partial charge in [-0.1, -0.05) is 0 Å². The van der Waals surface area contributed by atoms with Gasteiger partial charge in [0, 0.05) is 7.11 Å². The molecule has 0 radical (unpaired) electrons. The number of hydrogen-bond donors (Lipinski definition) is 0. The molecular weight excluding hydrogens is 290 g/mol. The molecule has 0 aromatic carbocycles. The fourth-order valence-corrected chi connectivity index (χ4v) is 1.27. The highest BCUT2D eigenvalue weighted by Gasteiger charge is 2.05. The number of rotatable bonds is 11. The Bertz CT molecular complexity index is 383. The van der Waals surface area contributed by atoms with Crippen molar-refractivity contribution >= 4 is 11.6 Å². The number of halogens is 1. The first-order valence-electron chi connectivity index (χ1n) is 5.99. The van der Waals surface area contributed by atoms with E-state index in [1.165, 1.54) is 7.11 Å². The number of methoxy groups -OCH3 is 2. The molecule has 8 nitrogen and oxygen atoms in total. The molecule has 0 saturated carbocycles. The average molecular weight is 308 g/mol. The van der Waals surface area contributed by atoms with Gasteiger partial charge in [0.2, 0.25) is 5.28 Å². The van der Waals surface area contributed by atoms with Crippen molar-refractivity contribution < 1.29 is 23.7 Å². The van der Waals surface area contributed by atoms with Crippen LogP contribution in [0.15, 0.2) is 0 Å². The summed E-state index contributed by atoms with van der Waals surface area (Å²) in [6.07, 6.45) is 0. The smallest absolute Gasteiger partial charge is 0.324 e. The Morgan fingerprint density at radius 2 is 1.40 bits per heavy atom. The van der Waals surface area contributed by atoms with Gasteiger partial charge in [0.05, 0.1) is 40.1 Å². The maximum Gasteiger partial charge on any atom is 0.324 e. The maximum absolute atomic E-state index is 5.67. The van der Waals surface area contributed by atoms with Gasteiger partial charge in [0.25, 0.3) is 0 Å². The van der Waals surface area contributed by atoms with Crippen molar-refractivity contribution in [3.8, 4) is 12.0 Å². The van der Waals surface area contributed by atoms with Gasteiger partial charge < -0.3 is 23.7 Å². The van der Waals surface area contributed by atoms with Gasteiger partial charge in [-0.3, -0.25) is 0 Å². The first-order chi connectivity index (χ1) is 9.76. The molecule has 0 aliphatic rings. The van der Waals surface area contributed by atoms with Gasteiger partial charge in [-0.15, -0.1) is 4.98 Å². The minimum atomic E-state index is 0.0133. The minimum Gasteiger partial charge on any atom is -0.467 e. The Balaban J connectivity index is 2.08. The molecule has 0 atom stereocenters. The van der Waals surface area contributed by atoms with Gasteiger partial charge in [-0.25, -0.2) is 0 Å². The van der Waals surface area contributed by atoms with Crippen molar-refractivity contribution in [1.29, 1.82) is 0 Å². The summed E-state index contributed by atoms with van der Waals surface area (Å²) in [5.41, 5.74) is 0. The second kappa shape index (κ2) is 10.6. The van der Waals surface area contributed by atoms with Crippen LogP contribution in [-0.4, -0.2) is 68.8 Å². The van der Waals surface area contributed by atoms with E-state index in [0.717, 1.165) is 0 Å². The van der Waals surface area contributed by atoms with Crippen molar-refractivity contribution in [2.45, 2.75) is 0 Å². The molecule has 1 aromatic heterocycles. The van der Waals surface area contributed by atoms with Crippen molar-refractivity contribution in [3.05, 3.63) is 5.28 Å². The molecular formula is C11H18ClN3O5. The molecule has 0 N–H and O–H groups in total. The number of hydrogen-bond acceptors (Lipinski definition) is 8. The lowest BCUT2D eigenvalue weighted by Gasteiger charge is -2.07. The van der Waals surface area contributed by atoms with Gasteiger partial charge >= 0.3 is 12.0 Å². The fraction of sp³-hybridized carbons (Fsp3) is 0.727. The predicted molar refractivity (Wildman–Crippen MR) is 70.4 cm³/mol. The molecule has 20 heavy (non-hydrogen) atoms. The van der Waals surface area contributed by atoms with Crippen LogP contribution in [0.2, 0.25) is 5.28 Å². The summed E-state index contributed by atoms with van der Waals surface area (Å²) in [4.78, 5) is 11.4. The van der Waals surface area contributed by atoms with Gasteiger partial charge in [0.1, 0.15) is 6.61 Å². The zero-order valence-corrected chi connectivity index (χ0v) is 12.3. The zero-order valence-electron chi connectivity index (χ0n) is 11.5. The molecule has 114 valence electrons. The molecule has 0 saturated heterocycles. The molecule has 0 aliphatic carbocycles. The van der Waals surface area contributed by atoms with Gasteiger partial charge in [-0.05, 0) is 11.6 Å². The quantitative estimate of drug-likeness (QED) is 0.549. The number of aromatic nitrogens is 3. The molecule has 0 fully saturated rings. The lowest BCUT2D eigenvalue weighted by atomic mass is 10.7. The summed E-state index contributed by atoms with van der Waals surface area (Å²) in [7, 11) is 3.06. The van der Waals surface area contributed by atoms with E-state index in [4.69, 9.17) is 35.3 Å². The molecule has 9 heteroatoms. The second-order valence-corrected chi connectivity index (χ2v) is 3.78. The van der Waals surface area contributed by atoms with Crippen LogP contribution in [-0.2, 0) is 14.2 Å². The monoisotopic (exact) mass is 307 g/mol. The van der Waals surface area contributed by atoms with Crippen LogP contribution in [0.5, 0.6) is 12.0 Å². The third kappa shape index (κ3) is 7.39. The van der Waals surface area contributed by atoms with Crippen LogP contribution >= 0.6 is 11.6 Å². The van der Waals surface area contributed by atoms with E-state index in [-0.39, 0.29) is 17.3 Å². The Hall–Kier alpha value is -1.22. The van der Waals surface area contributed by atoms with Crippen molar-refractivity contribution in [3.63, 3.8) is 0 Å². The van der Waals surface area contributed by atoms with Crippen LogP contribution < -0.4 is 9.47 Å². The summed E-state index contributed by atoms with van der Waals surface area (Å²) in [5.74, 6) is 0. The molecule has 1 rings (SSSR count). The molecule has 0 unspecified atom stereocenters. The van der Waals surface area contributed by atoms with E-state index in [1.807, 2.05) is 0 Å². The first kappa shape index (κ1) is 16.8. The van der Waals surface area contributed by atoms with Gasteiger partial charge in [-0.2, -0.15) is 9.97 Å². The summed E-state index contributed by atoms with van der Waals surface area (Å²) >= 11 is 5.67. The highest BCUT2D eigenvalue weighted by molar-refractivity contribution is 6.28. The van der Waals surface area contributed by atoms with Crippen LogP contribution in [0.4, 0.5) is 0 Å². The summed E-state index contributed by atoms with van der Waals surface area (Å²) in [6, 6.07) is 0.203. The zero-order chi connectivity index (χ0) is 14.6. The average Bonchev–Trinajstić information content (AvgIpc) is 2.45. The highest BCUT2D eigenvalue weighted by atomic mass is 35.5. The molecule has 0 amide bonds. The Morgan fingerprint density at radius 1 is 0.800 bits per heavy atom. The van der Waals surface area contributed by atoms with Crippen LogP contribution in [0.25, 0.3) is 0 Å². The van der Waals surface area contributed by atoms with E-state index in [0.29, 0.717) is 39.6 Å². The molecule has 0 spiro atoms. The summed E-state index contributed by atoms with van der Waals surface area (Å²) in [6.45, 7) is 2.80. The molecule has 1 aromatic rings. The first-order valence-corrected chi connectivity index (χ1v) is 6.37. The van der Waals surface area contributed by atoms with Crippen molar-refractivity contribution in [2.75, 3.05) is 53.9 Å². The van der Waals surface area contributed by atoms with Gasteiger partial charge in [0.15, 0.2) is 0 Å². The maximum atomic E-state index is 5.67. The van der Waals surface area contributed by atoms with E-state index < -0.39 is 0 Å². The third-order valence-electron chi connectivity index (χ3n) is 2.01. The Morgan fingerprint density at radius 3 is 2.05 bits per heavy atom. The predicted octanol–water partition coefficient (Wildman–Crippen LogP) is 0.592. The SMILES string of the molecule is COCCOCCOCCOc1nc(Cl)nc(OC)n1. The summed E-state index contributed by atoms with van der Waals surface area (Å²) < 4.78 is 25.5. The summed E-state index contributed by atoms with van der Waals surface area (Å²) in [5, 5.41) is 0.0133. The molecule has 0 aliphatic heterocycles. The van der Waals surface area contributed by atoms with E-state index in [1.54, 1.807) is 7.11 Å². The highest BCUT2D eigenvalue weighted by Crippen LogP contribution is 2.12. The molecule has 0 bridgehead atoms. The minimum absolute atomic E-state index is 0.0133. The standard InChI is InChI=1S/C11H18ClN3O5/c1-16-3-4-18-5-6-19-7-8-20-11-14-9(12)13-10(15-11)17-2/h3-8H2,1-2H3. The molecule has 1 heterocycles. The normalized spacial score (nSPS) is 10.6. The van der Waals surface area contributed by atoms with Crippen LogP contribution in [0.1, 0.15) is 0 Å². The number of nitrogens with zero attached hydrogens (tertiary/aromatic N) is 3. The lowest BCUT2D eigenvalue weighted by Crippen LogP contribution is -2.13. The van der Waals surface area contributed by atoms with Crippen LogP contribution in [0, 0.1) is 0 Å². The largest absolute Gasteiger partial charge is 0.467 e. The third-order valence-corrected chi connectivity index (χ3v) is 2.18. The lowest BCUT2D eigenvalue weighted by molar-refractivity contribution is 0.0172. The van der Waals surface area contributed by atoms with Crippen LogP contribution in [0.3, 0.4) is 0 Å². The van der Waals surface area contributed by atoms with Crippen molar-refractivity contribution in [2.24, 2.45) is 0 Å². The van der Waals surface area contributed by atoms with E-state index in [2.05, 4.69) is 15.0 Å². The van der Waals surface area contributed by atoms with E-state index >= 15 is 0 Å². The Kier molecular flexibility index (Phi) is 8.88.